The third-order valence-corrected chi connectivity index (χ3v) is 6.70. The molecular formula is C23H17N8O2S2-. The second-order valence-corrected chi connectivity index (χ2v) is 9.35. The van der Waals surface area contributed by atoms with Crippen LogP contribution in [0, 0.1) is 25.2 Å². The molecule has 1 unspecified atom stereocenters. The minimum absolute atomic E-state index is 0.106. The number of aryl methyl sites for hydroxylation is 2. The fourth-order valence-corrected chi connectivity index (χ4v) is 4.81. The van der Waals surface area contributed by atoms with Crippen LogP contribution in [0.15, 0.2) is 52.7 Å². The molecule has 0 amide bonds. The highest BCUT2D eigenvalue weighted by Gasteiger charge is 2.14. The van der Waals surface area contributed by atoms with Gasteiger partial charge in [-0.25, -0.2) is 19.9 Å². The van der Waals surface area contributed by atoms with Crippen molar-refractivity contribution < 1.29 is 8.76 Å². The highest BCUT2D eigenvalue weighted by atomic mass is 32.2. The first-order valence-corrected chi connectivity index (χ1v) is 12.3. The molecule has 0 aliphatic carbocycles. The number of pyridine rings is 2. The second kappa shape index (κ2) is 9.22. The van der Waals surface area contributed by atoms with Gasteiger partial charge >= 0.3 is 0 Å². The molecule has 5 aromatic rings. The number of imidazole rings is 1. The van der Waals surface area contributed by atoms with E-state index >= 15 is 0 Å². The van der Waals surface area contributed by atoms with Crippen LogP contribution < -0.4 is 10.6 Å². The van der Waals surface area contributed by atoms with Crippen molar-refractivity contribution >= 4 is 56.6 Å². The van der Waals surface area contributed by atoms with E-state index in [2.05, 4.69) is 35.6 Å². The number of hydrogen-bond acceptors (Lipinski definition) is 10. The maximum atomic E-state index is 12.1. The number of aromatic nitrogens is 5. The molecule has 4 heterocycles. The Morgan fingerprint density at radius 2 is 1.89 bits per heavy atom. The average Bonchev–Trinajstić information content (AvgIpc) is 3.44. The predicted octanol–water partition coefficient (Wildman–Crippen LogP) is 4.69. The van der Waals surface area contributed by atoms with Gasteiger partial charge in [0.1, 0.15) is 39.7 Å². The fourth-order valence-electron chi connectivity index (χ4n) is 3.49. The van der Waals surface area contributed by atoms with E-state index in [0.29, 0.717) is 40.0 Å². The van der Waals surface area contributed by atoms with E-state index in [1.165, 1.54) is 11.3 Å². The Kier molecular flexibility index (Phi) is 5.96. The molecule has 0 saturated carbocycles. The van der Waals surface area contributed by atoms with Crippen LogP contribution in [0.2, 0.25) is 0 Å². The minimum Gasteiger partial charge on any atom is -0.768 e. The van der Waals surface area contributed by atoms with Crippen molar-refractivity contribution in [2.24, 2.45) is 0 Å². The monoisotopic (exact) mass is 501 g/mol. The molecule has 0 spiro atoms. The van der Waals surface area contributed by atoms with Crippen molar-refractivity contribution in [3.8, 4) is 16.6 Å². The number of benzene rings is 1. The largest absolute Gasteiger partial charge is 0.768 e. The number of fused-ring (bicyclic) bond motifs is 1. The summed E-state index contributed by atoms with van der Waals surface area (Å²) in [6.45, 7) is 3.70. The third kappa shape index (κ3) is 4.73. The molecule has 5 rings (SSSR count). The quantitative estimate of drug-likeness (QED) is 0.281. The van der Waals surface area contributed by atoms with Crippen molar-refractivity contribution in [2.75, 3.05) is 10.6 Å². The van der Waals surface area contributed by atoms with Crippen LogP contribution >= 0.6 is 11.3 Å². The van der Waals surface area contributed by atoms with E-state index in [4.69, 9.17) is 5.26 Å². The molecule has 35 heavy (non-hydrogen) atoms. The molecule has 10 nitrogen and oxygen atoms in total. The van der Waals surface area contributed by atoms with Gasteiger partial charge in [-0.15, -0.1) is 11.3 Å². The Labute approximate surface area is 206 Å². The zero-order valence-corrected chi connectivity index (χ0v) is 20.1. The summed E-state index contributed by atoms with van der Waals surface area (Å²) < 4.78 is 24.2. The molecule has 0 radical (unpaired) electrons. The van der Waals surface area contributed by atoms with E-state index < -0.39 is 11.1 Å². The number of nitriles is 1. The molecule has 0 saturated heterocycles. The second-order valence-electron chi connectivity index (χ2n) is 7.59. The van der Waals surface area contributed by atoms with Crippen LogP contribution in [-0.2, 0) is 11.1 Å². The summed E-state index contributed by atoms with van der Waals surface area (Å²) >= 11 is -1.04. The number of aromatic amines is 1. The summed E-state index contributed by atoms with van der Waals surface area (Å²) in [6, 6.07) is 13.9. The topological polar surface area (TPSA) is 155 Å². The van der Waals surface area contributed by atoms with Gasteiger partial charge in [-0.2, -0.15) is 5.26 Å². The molecule has 12 heteroatoms. The summed E-state index contributed by atoms with van der Waals surface area (Å²) in [4.78, 5) is 20.9. The predicted molar refractivity (Wildman–Crippen MR) is 134 cm³/mol. The van der Waals surface area contributed by atoms with Gasteiger partial charge in [-0.1, -0.05) is 6.07 Å². The normalized spacial score (nSPS) is 11.8. The van der Waals surface area contributed by atoms with Gasteiger partial charge in [0, 0.05) is 27.6 Å². The van der Waals surface area contributed by atoms with Crippen LogP contribution in [0.5, 0.6) is 0 Å². The van der Waals surface area contributed by atoms with Crippen LogP contribution in [0.25, 0.3) is 21.7 Å². The lowest BCUT2D eigenvalue weighted by Crippen LogP contribution is -2.02. The van der Waals surface area contributed by atoms with E-state index in [-0.39, 0.29) is 10.6 Å². The first-order valence-electron chi connectivity index (χ1n) is 10.3. The first kappa shape index (κ1) is 22.6. The van der Waals surface area contributed by atoms with Crippen molar-refractivity contribution in [2.45, 2.75) is 18.7 Å². The summed E-state index contributed by atoms with van der Waals surface area (Å²) in [5.41, 5.74) is 3.88. The number of H-pyrrole nitrogens is 1. The van der Waals surface area contributed by atoms with Gasteiger partial charge < -0.3 is 20.2 Å². The lowest BCUT2D eigenvalue weighted by Gasteiger charge is -2.16. The van der Waals surface area contributed by atoms with Gasteiger partial charge in [-0.3, -0.25) is 4.21 Å². The Morgan fingerprint density at radius 1 is 1.03 bits per heavy atom. The number of nitrogens with zero attached hydrogens (tertiary/aromatic N) is 5. The fraction of sp³-hybridized carbons (Fsp3) is 0.0870. The lowest BCUT2D eigenvalue weighted by molar-refractivity contribution is 0.537. The van der Waals surface area contributed by atoms with Gasteiger partial charge in [0.15, 0.2) is 5.65 Å². The molecule has 1 aromatic carbocycles. The van der Waals surface area contributed by atoms with Crippen LogP contribution in [0.3, 0.4) is 0 Å². The van der Waals surface area contributed by atoms with E-state index in [9.17, 15) is 8.76 Å². The molecule has 0 fully saturated rings. The number of nitrogens with one attached hydrogen (secondary N) is 3. The van der Waals surface area contributed by atoms with Gasteiger partial charge in [0.25, 0.3) is 0 Å². The summed E-state index contributed by atoms with van der Waals surface area (Å²) in [6.07, 6.45) is 0. The Hall–Kier alpha value is -4.18. The van der Waals surface area contributed by atoms with Gasteiger partial charge in [0.05, 0.1) is 11.4 Å². The number of thiazole rings is 1. The Balaban J connectivity index is 1.55. The van der Waals surface area contributed by atoms with Crippen molar-refractivity contribution in [1.29, 1.82) is 5.26 Å². The summed E-state index contributed by atoms with van der Waals surface area (Å²) in [5, 5.41) is 18.1. The molecular weight excluding hydrogens is 484 g/mol. The maximum absolute atomic E-state index is 12.1. The smallest absolute Gasteiger partial charge is 0.181 e. The van der Waals surface area contributed by atoms with E-state index in [0.717, 1.165) is 16.3 Å². The molecule has 4 aromatic heterocycles. The number of anilines is 4. The molecule has 0 aliphatic heterocycles. The third-order valence-electron chi connectivity index (χ3n) is 5.00. The van der Waals surface area contributed by atoms with Crippen molar-refractivity contribution in [3.63, 3.8) is 0 Å². The van der Waals surface area contributed by atoms with Crippen molar-refractivity contribution in [3.05, 3.63) is 65.1 Å². The molecule has 1 atom stereocenters. The van der Waals surface area contributed by atoms with Crippen LogP contribution in [0.4, 0.5) is 23.0 Å². The first-order chi connectivity index (χ1) is 16.9. The number of hydrogen-bond donors (Lipinski definition) is 3. The van der Waals surface area contributed by atoms with Crippen LogP contribution in [0.1, 0.15) is 17.2 Å². The van der Waals surface area contributed by atoms with Gasteiger partial charge in [-0.05, 0) is 55.3 Å². The Morgan fingerprint density at radius 3 is 2.63 bits per heavy atom. The maximum Gasteiger partial charge on any atom is 0.181 e. The molecule has 3 N–H and O–H groups in total. The standard InChI is InChI=1S/C23H18N8O2S2/c1-12-11-34-23(25-12)14-6-7-16(18(8-14)35(32)33)29-17-9-20(31-22-21(17)26-13(2)27-22)30-19-5-3-4-15(10-24)28-19/h3-9,11H,1-2H3,(H,32,33)(H3,26,27,28,29,30,31)/p-1. The van der Waals surface area contributed by atoms with E-state index in [1.807, 2.05) is 24.4 Å². The summed E-state index contributed by atoms with van der Waals surface area (Å²) in [7, 11) is 0. The molecule has 174 valence electrons. The van der Waals surface area contributed by atoms with Gasteiger partial charge in [0.2, 0.25) is 0 Å². The average molecular weight is 502 g/mol. The zero-order chi connectivity index (χ0) is 24.5. The SMILES string of the molecule is Cc1csc(-c2ccc(Nc3cc(Nc4cccc(C#N)n4)nc4nc(C)[nH]c34)c(S(=O)[O-])c2)n1. The minimum atomic E-state index is -2.49. The van der Waals surface area contributed by atoms with Crippen LogP contribution in [-0.4, -0.2) is 33.7 Å². The van der Waals surface area contributed by atoms with E-state index in [1.54, 1.807) is 43.3 Å². The highest BCUT2D eigenvalue weighted by Crippen LogP contribution is 2.33. The zero-order valence-electron chi connectivity index (χ0n) is 18.5. The molecule has 0 bridgehead atoms. The Bertz CT molecular complexity index is 1640. The summed E-state index contributed by atoms with van der Waals surface area (Å²) in [5.74, 6) is 1.52. The highest BCUT2D eigenvalue weighted by molar-refractivity contribution is 7.79. The number of rotatable bonds is 6. The van der Waals surface area contributed by atoms with Crippen molar-refractivity contribution in [1.82, 2.24) is 24.9 Å². The molecule has 0 aliphatic rings. The lowest BCUT2D eigenvalue weighted by atomic mass is 10.2.